The number of ether oxygens (including phenoxy) is 1. The lowest BCUT2D eigenvalue weighted by atomic mass is 10.1. The fourth-order valence-corrected chi connectivity index (χ4v) is 5.86. The Kier molecular flexibility index (Phi) is 11.1. The molecule has 0 saturated carbocycles. The third-order valence-corrected chi connectivity index (χ3v) is 8.39. The van der Waals surface area contributed by atoms with E-state index in [2.05, 4.69) is 5.32 Å². The lowest BCUT2D eigenvalue weighted by Gasteiger charge is -2.33. The molecular formula is C30H35ClFN3O5S. The summed E-state index contributed by atoms with van der Waals surface area (Å²) >= 11 is 6.40. The van der Waals surface area contributed by atoms with Crippen LogP contribution in [0.4, 0.5) is 10.1 Å². The van der Waals surface area contributed by atoms with Gasteiger partial charge >= 0.3 is 0 Å². The Morgan fingerprint density at radius 2 is 1.61 bits per heavy atom. The van der Waals surface area contributed by atoms with Crippen molar-refractivity contribution in [1.82, 2.24) is 10.2 Å². The van der Waals surface area contributed by atoms with Crippen LogP contribution in [0.1, 0.15) is 39.7 Å². The molecule has 1 N–H and O–H groups in total. The van der Waals surface area contributed by atoms with Gasteiger partial charge in [-0.05, 0) is 87.4 Å². The maximum atomic E-state index is 14.0. The summed E-state index contributed by atoms with van der Waals surface area (Å²) in [6, 6.07) is 16.5. The van der Waals surface area contributed by atoms with Crippen molar-refractivity contribution in [3.8, 4) is 5.75 Å². The zero-order valence-corrected chi connectivity index (χ0v) is 25.1. The van der Waals surface area contributed by atoms with Crippen LogP contribution in [-0.4, -0.2) is 50.4 Å². The zero-order chi connectivity index (χ0) is 30.2. The highest BCUT2D eigenvalue weighted by Crippen LogP contribution is 2.27. The molecule has 3 rings (SSSR count). The van der Waals surface area contributed by atoms with Gasteiger partial charge in [-0.2, -0.15) is 0 Å². The van der Waals surface area contributed by atoms with Crippen LogP contribution in [0.5, 0.6) is 5.75 Å². The molecule has 0 aliphatic rings. The standard InChI is InChI=1S/C30H35ClFN3O5S/c1-5-28(30(37)33-21(3)4)34(19-22-9-7-8-10-27(22)31)29(36)20-35(24-13-11-23(32)12-14-24)41(38,39)26-17-15-25(16-18-26)40-6-2/h7-18,21,28H,5-6,19-20H2,1-4H3,(H,33,37)/t28-/m0/s1. The van der Waals surface area contributed by atoms with E-state index in [1.165, 1.54) is 41.3 Å². The summed E-state index contributed by atoms with van der Waals surface area (Å²) in [6.45, 7) is 6.94. The predicted octanol–water partition coefficient (Wildman–Crippen LogP) is 5.41. The number of amides is 2. The van der Waals surface area contributed by atoms with Gasteiger partial charge in [0, 0.05) is 17.6 Å². The molecule has 41 heavy (non-hydrogen) atoms. The van der Waals surface area contributed by atoms with E-state index in [-0.39, 0.29) is 35.5 Å². The summed E-state index contributed by atoms with van der Waals surface area (Å²) in [5.74, 6) is -1.07. The van der Waals surface area contributed by atoms with Crippen molar-refractivity contribution >= 4 is 39.1 Å². The van der Waals surface area contributed by atoms with E-state index < -0.39 is 34.3 Å². The predicted molar refractivity (Wildman–Crippen MR) is 158 cm³/mol. The zero-order valence-electron chi connectivity index (χ0n) is 23.5. The number of carbonyl (C=O) groups excluding carboxylic acids is 2. The topological polar surface area (TPSA) is 96.0 Å². The Morgan fingerprint density at radius 1 is 0.976 bits per heavy atom. The van der Waals surface area contributed by atoms with Gasteiger partial charge < -0.3 is 15.0 Å². The van der Waals surface area contributed by atoms with Gasteiger partial charge in [-0.3, -0.25) is 13.9 Å². The van der Waals surface area contributed by atoms with Crippen LogP contribution in [0, 0.1) is 5.82 Å². The maximum absolute atomic E-state index is 14.0. The second-order valence-corrected chi connectivity index (χ2v) is 11.9. The van der Waals surface area contributed by atoms with E-state index in [1.54, 1.807) is 31.2 Å². The Hall–Kier alpha value is -3.63. The smallest absolute Gasteiger partial charge is 0.264 e. The number of nitrogens with zero attached hydrogens (tertiary/aromatic N) is 2. The van der Waals surface area contributed by atoms with E-state index >= 15 is 0 Å². The molecule has 2 amide bonds. The van der Waals surface area contributed by atoms with E-state index in [0.717, 1.165) is 16.4 Å². The molecule has 0 aromatic heterocycles. The van der Waals surface area contributed by atoms with Gasteiger partial charge in [-0.1, -0.05) is 36.7 Å². The first kappa shape index (κ1) is 31.9. The summed E-state index contributed by atoms with van der Waals surface area (Å²) < 4.78 is 47.9. The number of nitrogens with one attached hydrogen (secondary N) is 1. The van der Waals surface area contributed by atoms with Crippen LogP contribution in [-0.2, 0) is 26.2 Å². The van der Waals surface area contributed by atoms with Gasteiger partial charge in [0.1, 0.15) is 24.2 Å². The second-order valence-electron chi connectivity index (χ2n) is 9.59. The van der Waals surface area contributed by atoms with Gasteiger partial charge in [0.2, 0.25) is 11.8 Å². The fraction of sp³-hybridized carbons (Fsp3) is 0.333. The maximum Gasteiger partial charge on any atom is 0.264 e. The monoisotopic (exact) mass is 603 g/mol. The average molecular weight is 604 g/mol. The second kappa shape index (κ2) is 14.3. The van der Waals surface area contributed by atoms with E-state index in [9.17, 15) is 22.4 Å². The minimum Gasteiger partial charge on any atom is -0.494 e. The minimum absolute atomic E-state index is 0.0249. The third kappa shape index (κ3) is 8.20. The molecule has 0 fully saturated rings. The van der Waals surface area contributed by atoms with Crippen molar-refractivity contribution in [1.29, 1.82) is 0 Å². The van der Waals surface area contributed by atoms with Crippen LogP contribution in [0.15, 0.2) is 77.7 Å². The Bertz CT molecular complexity index is 1430. The number of sulfonamides is 1. The molecule has 0 aliphatic heterocycles. The highest BCUT2D eigenvalue weighted by molar-refractivity contribution is 7.92. The number of hydrogen-bond acceptors (Lipinski definition) is 5. The summed E-state index contributed by atoms with van der Waals surface area (Å²) in [7, 11) is -4.30. The highest BCUT2D eigenvalue weighted by Gasteiger charge is 2.34. The highest BCUT2D eigenvalue weighted by atomic mass is 35.5. The van der Waals surface area contributed by atoms with E-state index in [1.807, 2.05) is 20.8 Å². The third-order valence-electron chi connectivity index (χ3n) is 6.23. The lowest BCUT2D eigenvalue weighted by molar-refractivity contribution is -0.140. The summed E-state index contributed by atoms with van der Waals surface area (Å²) in [5.41, 5.74) is 0.687. The van der Waals surface area contributed by atoms with Crippen LogP contribution >= 0.6 is 11.6 Å². The number of halogens is 2. The number of rotatable bonds is 13. The molecule has 1 atom stereocenters. The minimum atomic E-state index is -4.30. The van der Waals surface area contributed by atoms with Gasteiger partial charge in [0.25, 0.3) is 10.0 Å². The molecule has 11 heteroatoms. The number of benzene rings is 3. The van der Waals surface area contributed by atoms with E-state index in [0.29, 0.717) is 22.9 Å². The number of carbonyl (C=O) groups is 2. The summed E-state index contributed by atoms with van der Waals surface area (Å²) in [5, 5.41) is 3.25. The summed E-state index contributed by atoms with van der Waals surface area (Å²) in [4.78, 5) is 28.5. The van der Waals surface area contributed by atoms with Gasteiger partial charge in [0.05, 0.1) is 17.2 Å². The number of anilines is 1. The van der Waals surface area contributed by atoms with Crippen LogP contribution in [0.25, 0.3) is 0 Å². The fourth-order valence-electron chi connectivity index (χ4n) is 4.25. The van der Waals surface area contributed by atoms with Crippen molar-refractivity contribution in [2.45, 2.75) is 57.6 Å². The van der Waals surface area contributed by atoms with Crippen molar-refractivity contribution in [2.24, 2.45) is 0 Å². The molecule has 0 bridgehead atoms. The first-order chi connectivity index (χ1) is 19.5. The van der Waals surface area contributed by atoms with Crippen molar-refractivity contribution in [3.05, 3.63) is 89.2 Å². The first-order valence-corrected chi connectivity index (χ1v) is 15.1. The van der Waals surface area contributed by atoms with Gasteiger partial charge in [0.15, 0.2) is 0 Å². The van der Waals surface area contributed by atoms with Crippen molar-refractivity contribution in [3.63, 3.8) is 0 Å². The first-order valence-electron chi connectivity index (χ1n) is 13.3. The van der Waals surface area contributed by atoms with Gasteiger partial charge in [-0.15, -0.1) is 0 Å². The molecule has 0 heterocycles. The van der Waals surface area contributed by atoms with E-state index in [4.69, 9.17) is 16.3 Å². The molecule has 220 valence electrons. The SMILES string of the molecule is CCOc1ccc(S(=O)(=O)N(CC(=O)N(Cc2ccccc2Cl)[C@@H](CC)C(=O)NC(C)C)c2ccc(F)cc2)cc1. The molecular weight excluding hydrogens is 569 g/mol. The van der Waals surface area contributed by atoms with Crippen LogP contribution < -0.4 is 14.4 Å². The van der Waals surface area contributed by atoms with Crippen molar-refractivity contribution < 1.29 is 27.1 Å². The molecule has 8 nitrogen and oxygen atoms in total. The molecule has 0 saturated heterocycles. The molecule has 3 aromatic carbocycles. The molecule has 0 radical (unpaired) electrons. The van der Waals surface area contributed by atoms with Crippen LogP contribution in [0.3, 0.4) is 0 Å². The lowest BCUT2D eigenvalue weighted by Crippen LogP contribution is -2.53. The van der Waals surface area contributed by atoms with Gasteiger partial charge in [-0.25, -0.2) is 12.8 Å². The quantitative estimate of drug-likeness (QED) is 0.282. The number of hydrogen-bond donors (Lipinski definition) is 1. The Labute approximate surface area is 246 Å². The average Bonchev–Trinajstić information content (AvgIpc) is 2.93. The van der Waals surface area contributed by atoms with Crippen molar-refractivity contribution in [2.75, 3.05) is 17.5 Å². The Balaban J connectivity index is 2.06. The molecule has 0 unspecified atom stereocenters. The normalized spacial score (nSPS) is 12.1. The summed E-state index contributed by atoms with van der Waals surface area (Å²) in [6.07, 6.45) is 0.275. The molecule has 0 aliphatic carbocycles. The largest absolute Gasteiger partial charge is 0.494 e. The molecule has 3 aromatic rings. The molecule has 0 spiro atoms. The Morgan fingerprint density at radius 3 is 2.17 bits per heavy atom. The van der Waals surface area contributed by atoms with Crippen LogP contribution in [0.2, 0.25) is 5.02 Å².